The molecular formula is C22H30N2O. The van der Waals surface area contributed by atoms with Crippen molar-refractivity contribution in [2.75, 3.05) is 11.9 Å². The molecule has 0 bridgehead atoms. The molecule has 1 amide bonds. The smallest absolute Gasteiger partial charge is 0.238 e. The van der Waals surface area contributed by atoms with Gasteiger partial charge in [0.2, 0.25) is 5.91 Å². The molecule has 1 atom stereocenters. The fraction of sp³-hybridized carbons (Fsp3) is 0.409. The monoisotopic (exact) mass is 338 g/mol. The number of hydrogen-bond donors (Lipinski definition) is 2. The van der Waals surface area contributed by atoms with Crippen molar-refractivity contribution in [2.45, 2.75) is 53.5 Å². The Bertz CT molecular complexity index is 750. The maximum absolute atomic E-state index is 12.5. The second kappa shape index (κ2) is 8.30. The highest BCUT2D eigenvalue weighted by atomic mass is 16.1. The Morgan fingerprint density at radius 1 is 0.960 bits per heavy atom. The normalized spacial score (nSPS) is 12.3. The molecule has 1 unspecified atom stereocenters. The third kappa shape index (κ3) is 4.93. The number of anilines is 1. The number of hydrogen-bond acceptors (Lipinski definition) is 2. The van der Waals surface area contributed by atoms with Crippen LogP contribution in [0.2, 0.25) is 0 Å². The van der Waals surface area contributed by atoms with Crippen LogP contribution in [0.25, 0.3) is 0 Å². The van der Waals surface area contributed by atoms with Gasteiger partial charge >= 0.3 is 0 Å². The Balaban J connectivity index is 2.03. The van der Waals surface area contributed by atoms with Gasteiger partial charge in [-0.1, -0.05) is 55.8 Å². The molecule has 0 fully saturated rings. The fourth-order valence-electron chi connectivity index (χ4n) is 3.11. The summed E-state index contributed by atoms with van der Waals surface area (Å²) in [5.41, 5.74) is 6.94. The highest BCUT2D eigenvalue weighted by Gasteiger charge is 2.14. The number of aryl methyl sites for hydroxylation is 3. The zero-order valence-corrected chi connectivity index (χ0v) is 16.2. The number of carbonyl (C=O) groups is 1. The van der Waals surface area contributed by atoms with E-state index in [1.807, 2.05) is 19.1 Å². The van der Waals surface area contributed by atoms with E-state index in [2.05, 4.69) is 69.5 Å². The molecule has 134 valence electrons. The lowest BCUT2D eigenvalue weighted by Crippen LogP contribution is -2.31. The molecule has 2 aromatic carbocycles. The summed E-state index contributed by atoms with van der Waals surface area (Å²) in [6, 6.07) is 12.7. The third-order valence-electron chi connectivity index (χ3n) is 4.66. The van der Waals surface area contributed by atoms with E-state index in [0.717, 1.165) is 11.3 Å². The zero-order chi connectivity index (χ0) is 18.6. The van der Waals surface area contributed by atoms with Gasteiger partial charge in [-0.3, -0.25) is 4.79 Å². The van der Waals surface area contributed by atoms with Gasteiger partial charge in [-0.2, -0.15) is 0 Å². The minimum absolute atomic E-state index is 0.00615. The van der Waals surface area contributed by atoms with Gasteiger partial charge in [-0.25, -0.2) is 0 Å². The molecule has 0 radical (unpaired) electrons. The summed E-state index contributed by atoms with van der Waals surface area (Å²) < 4.78 is 0. The van der Waals surface area contributed by atoms with Crippen molar-refractivity contribution in [1.29, 1.82) is 0 Å². The van der Waals surface area contributed by atoms with E-state index < -0.39 is 0 Å². The van der Waals surface area contributed by atoms with Gasteiger partial charge < -0.3 is 10.6 Å². The van der Waals surface area contributed by atoms with Gasteiger partial charge in [0.1, 0.15) is 0 Å². The SMILES string of the molecule is Cc1ccc(C)c(C(C)NCC(=O)Nc2c(C)cccc2C(C)C)c1. The van der Waals surface area contributed by atoms with Crippen LogP contribution in [0.1, 0.15) is 60.5 Å². The second-order valence-corrected chi connectivity index (χ2v) is 7.20. The van der Waals surface area contributed by atoms with E-state index >= 15 is 0 Å². The summed E-state index contributed by atoms with van der Waals surface area (Å²) in [5.74, 6) is 0.366. The molecule has 0 aliphatic carbocycles. The quantitative estimate of drug-likeness (QED) is 0.776. The lowest BCUT2D eigenvalue weighted by atomic mass is 9.98. The van der Waals surface area contributed by atoms with Crippen LogP contribution in [0.15, 0.2) is 36.4 Å². The first-order valence-electron chi connectivity index (χ1n) is 8.99. The number of nitrogens with one attached hydrogen (secondary N) is 2. The highest BCUT2D eigenvalue weighted by molar-refractivity contribution is 5.94. The van der Waals surface area contributed by atoms with Crippen LogP contribution < -0.4 is 10.6 Å². The number of amides is 1. The highest BCUT2D eigenvalue weighted by Crippen LogP contribution is 2.27. The molecule has 2 aromatic rings. The molecule has 2 N–H and O–H groups in total. The molecule has 0 saturated heterocycles. The van der Waals surface area contributed by atoms with Crippen molar-refractivity contribution in [3.63, 3.8) is 0 Å². The van der Waals surface area contributed by atoms with Crippen molar-refractivity contribution in [3.05, 3.63) is 64.2 Å². The van der Waals surface area contributed by atoms with Gasteiger partial charge in [0.05, 0.1) is 6.54 Å². The maximum atomic E-state index is 12.5. The predicted molar refractivity (Wildman–Crippen MR) is 106 cm³/mol. The van der Waals surface area contributed by atoms with Crippen LogP contribution in [-0.2, 0) is 4.79 Å². The second-order valence-electron chi connectivity index (χ2n) is 7.20. The summed E-state index contributed by atoms with van der Waals surface area (Å²) in [4.78, 5) is 12.5. The van der Waals surface area contributed by atoms with Crippen LogP contribution >= 0.6 is 0 Å². The molecule has 3 nitrogen and oxygen atoms in total. The van der Waals surface area contributed by atoms with Crippen molar-refractivity contribution < 1.29 is 4.79 Å². The summed E-state index contributed by atoms with van der Waals surface area (Å²) >= 11 is 0. The Morgan fingerprint density at radius 3 is 2.36 bits per heavy atom. The summed E-state index contributed by atoms with van der Waals surface area (Å²) in [6.45, 7) is 12.9. The average Bonchev–Trinajstić information content (AvgIpc) is 2.56. The number of rotatable bonds is 6. The van der Waals surface area contributed by atoms with Crippen LogP contribution in [0.3, 0.4) is 0 Å². The summed E-state index contributed by atoms with van der Waals surface area (Å²) in [6.07, 6.45) is 0. The van der Waals surface area contributed by atoms with E-state index in [1.54, 1.807) is 0 Å². The first-order chi connectivity index (χ1) is 11.8. The lowest BCUT2D eigenvalue weighted by Gasteiger charge is -2.19. The zero-order valence-electron chi connectivity index (χ0n) is 16.2. The van der Waals surface area contributed by atoms with Crippen LogP contribution in [0.4, 0.5) is 5.69 Å². The first kappa shape index (κ1) is 19.2. The van der Waals surface area contributed by atoms with Gasteiger partial charge in [0, 0.05) is 11.7 Å². The number of carbonyl (C=O) groups excluding carboxylic acids is 1. The fourth-order valence-corrected chi connectivity index (χ4v) is 3.11. The van der Waals surface area contributed by atoms with E-state index in [1.165, 1.54) is 22.3 Å². The Morgan fingerprint density at radius 2 is 1.68 bits per heavy atom. The van der Waals surface area contributed by atoms with Crippen molar-refractivity contribution in [1.82, 2.24) is 5.32 Å². The lowest BCUT2D eigenvalue weighted by molar-refractivity contribution is -0.115. The Hall–Kier alpha value is -2.13. The van der Waals surface area contributed by atoms with Crippen molar-refractivity contribution in [2.24, 2.45) is 0 Å². The molecule has 0 spiro atoms. The van der Waals surface area contributed by atoms with Crippen molar-refractivity contribution >= 4 is 11.6 Å². The first-order valence-corrected chi connectivity index (χ1v) is 8.99. The molecule has 0 aliphatic rings. The molecule has 2 rings (SSSR count). The Labute approximate surface area is 151 Å². The minimum Gasteiger partial charge on any atom is -0.324 e. The van der Waals surface area contributed by atoms with Gasteiger partial charge in [-0.15, -0.1) is 0 Å². The molecule has 0 saturated carbocycles. The standard InChI is InChI=1S/C22H30N2O/c1-14(2)19-9-7-8-17(5)22(19)24-21(25)13-23-18(6)20-12-15(3)10-11-16(20)4/h7-12,14,18,23H,13H2,1-6H3,(H,24,25). The molecular weight excluding hydrogens is 308 g/mol. The molecule has 25 heavy (non-hydrogen) atoms. The third-order valence-corrected chi connectivity index (χ3v) is 4.66. The van der Waals surface area contributed by atoms with E-state index in [4.69, 9.17) is 0 Å². The van der Waals surface area contributed by atoms with Gasteiger partial charge in [0.15, 0.2) is 0 Å². The average molecular weight is 338 g/mol. The van der Waals surface area contributed by atoms with Crippen LogP contribution in [-0.4, -0.2) is 12.5 Å². The molecule has 3 heteroatoms. The maximum Gasteiger partial charge on any atom is 0.238 e. The summed E-state index contributed by atoms with van der Waals surface area (Å²) in [5, 5.41) is 6.43. The van der Waals surface area contributed by atoms with Gasteiger partial charge in [-0.05, 0) is 55.9 Å². The van der Waals surface area contributed by atoms with E-state index in [9.17, 15) is 4.79 Å². The van der Waals surface area contributed by atoms with Crippen LogP contribution in [0.5, 0.6) is 0 Å². The summed E-state index contributed by atoms with van der Waals surface area (Å²) in [7, 11) is 0. The molecule has 0 heterocycles. The molecule has 0 aromatic heterocycles. The topological polar surface area (TPSA) is 41.1 Å². The van der Waals surface area contributed by atoms with Crippen LogP contribution in [0, 0.1) is 20.8 Å². The number of benzene rings is 2. The Kier molecular flexibility index (Phi) is 6.38. The van der Waals surface area contributed by atoms with Gasteiger partial charge in [0.25, 0.3) is 0 Å². The largest absolute Gasteiger partial charge is 0.324 e. The number of para-hydroxylation sites is 1. The van der Waals surface area contributed by atoms with E-state index in [-0.39, 0.29) is 11.9 Å². The predicted octanol–water partition coefficient (Wildman–Crippen LogP) is 5.02. The molecule has 0 aliphatic heterocycles. The van der Waals surface area contributed by atoms with E-state index in [0.29, 0.717) is 12.5 Å². The van der Waals surface area contributed by atoms with Crippen molar-refractivity contribution in [3.8, 4) is 0 Å². The minimum atomic E-state index is -0.00615.